The molecule has 3 rings (SSSR count). The van der Waals surface area contributed by atoms with Crippen LogP contribution < -0.4 is 9.47 Å². The lowest BCUT2D eigenvalue weighted by Gasteiger charge is -2.50. The molecular formula is C23H28N2O4. The molecule has 6 heteroatoms. The lowest BCUT2D eigenvalue weighted by atomic mass is 9.73. The monoisotopic (exact) mass is 396 g/mol. The molecule has 0 aromatic heterocycles. The Hall–Kier alpha value is -3.02. The van der Waals surface area contributed by atoms with Crippen molar-refractivity contribution in [3.63, 3.8) is 0 Å². The lowest BCUT2D eigenvalue weighted by molar-refractivity contribution is -0.149. The van der Waals surface area contributed by atoms with Crippen LogP contribution in [0.25, 0.3) is 0 Å². The minimum atomic E-state index is -0.585. The molecule has 1 saturated heterocycles. The van der Waals surface area contributed by atoms with Gasteiger partial charge in [-0.2, -0.15) is 0 Å². The Labute approximate surface area is 172 Å². The summed E-state index contributed by atoms with van der Waals surface area (Å²) in [5.41, 5.74) is 1.04. The molecule has 0 aliphatic carbocycles. The van der Waals surface area contributed by atoms with E-state index in [0.717, 1.165) is 5.56 Å². The SMILES string of the molecule is CCN(C)C(=O)C1(Cc2ccccc2)CN(C(=O)c2ccc(OC)c(OC)c2)C1. The van der Waals surface area contributed by atoms with Crippen LogP contribution in [0.3, 0.4) is 0 Å². The summed E-state index contributed by atoms with van der Waals surface area (Å²) in [5, 5.41) is 0. The third-order valence-corrected chi connectivity index (χ3v) is 5.56. The van der Waals surface area contributed by atoms with Gasteiger partial charge in [0.2, 0.25) is 5.91 Å². The van der Waals surface area contributed by atoms with E-state index in [4.69, 9.17) is 9.47 Å². The molecule has 6 nitrogen and oxygen atoms in total. The van der Waals surface area contributed by atoms with Crippen molar-refractivity contribution >= 4 is 11.8 Å². The van der Waals surface area contributed by atoms with Gasteiger partial charge >= 0.3 is 0 Å². The summed E-state index contributed by atoms with van der Waals surface area (Å²) < 4.78 is 10.5. The average Bonchev–Trinajstić information content (AvgIpc) is 2.74. The molecule has 2 amide bonds. The summed E-state index contributed by atoms with van der Waals surface area (Å²) in [4.78, 5) is 29.6. The van der Waals surface area contributed by atoms with Crippen molar-refractivity contribution in [2.45, 2.75) is 13.3 Å². The van der Waals surface area contributed by atoms with Crippen LogP contribution >= 0.6 is 0 Å². The van der Waals surface area contributed by atoms with E-state index < -0.39 is 5.41 Å². The van der Waals surface area contributed by atoms with Crippen LogP contribution in [0.15, 0.2) is 48.5 Å². The van der Waals surface area contributed by atoms with Crippen LogP contribution in [0.2, 0.25) is 0 Å². The fraction of sp³-hybridized carbons (Fsp3) is 0.391. The van der Waals surface area contributed by atoms with E-state index in [1.165, 1.54) is 0 Å². The number of hydrogen-bond donors (Lipinski definition) is 0. The van der Waals surface area contributed by atoms with Crippen LogP contribution in [0.4, 0.5) is 0 Å². The first-order chi connectivity index (χ1) is 13.9. The van der Waals surface area contributed by atoms with E-state index >= 15 is 0 Å². The second-order valence-corrected chi connectivity index (χ2v) is 7.49. The Balaban J connectivity index is 1.80. The normalized spacial score (nSPS) is 14.7. The highest BCUT2D eigenvalue weighted by molar-refractivity contribution is 5.97. The third-order valence-electron chi connectivity index (χ3n) is 5.56. The fourth-order valence-electron chi connectivity index (χ4n) is 3.84. The molecule has 2 aromatic rings. The first kappa shape index (κ1) is 20.7. The quantitative estimate of drug-likeness (QED) is 0.722. The van der Waals surface area contributed by atoms with Gasteiger partial charge < -0.3 is 19.3 Å². The molecule has 0 spiro atoms. The summed E-state index contributed by atoms with van der Waals surface area (Å²) in [5.74, 6) is 1.06. The Morgan fingerprint density at radius 3 is 2.28 bits per heavy atom. The summed E-state index contributed by atoms with van der Waals surface area (Å²) >= 11 is 0. The standard InChI is InChI=1S/C23H28N2O4/c1-5-24(2)22(27)23(14-17-9-7-6-8-10-17)15-25(16-23)21(26)18-11-12-19(28-3)20(13-18)29-4/h6-13H,5,14-16H2,1-4H3. The molecule has 0 radical (unpaired) electrons. The Kier molecular flexibility index (Phi) is 6.11. The van der Waals surface area contributed by atoms with E-state index in [1.807, 2.05) is 44.3 Å². The van der Waals surface area contributed by atoms with E-state index in [1.54, 1.807) is 42.2 Å². The van der Waals surface area contributed by atoms with Crippen molar-refractivity contribution in [1.29, 1.82) is 0 Å². The smallest absolute Gasteiger partial charge is 0.254 e. The van der Waals surface area contributed by atoms with Crippen LogP contribution in [-0.4, -0.2) is 62.5 Å². The highest BCUT2D eigenvalue weighted by Gasteiger charge is 2.51. The number of rotatable bonds is 7. The van der Waals surface area contributed by atoms with Gasteiger partial charge in [0.1, 0.15) is 0 Å². The molecule has 154 valence electrons. The van der Waals surface area contributed by atoms with Crippen molar-refractivity contribution in [2.75, 3.05) is 40.9 Å². The predicted molar refractivity (Wildman–Crippen MR) is 111 cm³/mol. The van der Waals surface area contributed by atoms with Gasteiger partial charge in [-0.3, -0.25) is 9.59 Å². The van der Waals surface area contributed by atoms with E-state index in [9.17, 15) is 9.59 Å². The largest absolute Gasteiger partial charge is 0.493 e. The first-order valence-corrected chi connectivity index (χ1v) is 9.75. The van der Waals surface area contributed by atoms with E-state index in [-0.39, 0.29) is 11.8 Å². The zero-order valence-corrected chi connectivity index (χ0v) is 17.5. The van der Waals surface area contributed by atoms with Gasteiger partial charge in [-0.25, -0.2) is 0 Å². The number of likely N-dealkylation sites (tertiary alicyclic amines) is 1. The van der Waals surface area contributed by atoms with Crippen LogP contribution in [0.5, 0.6) is 11.5 Å². The molecule has 1 fully saturated rings. The molecule has 1 heterocycles. The zero-order chi connectivity index (χ0) is 21.0. The second-order valence-electron chi connectivity index (χ2n) is 7.49. The molecule has 0 unspecified atom stereocenters. The number of carbonyl (C=O) groups is 2. The van der Waals surface area contributed by atoms with Crippen molar-refractivity contribution < 1.29 is 19.1 Å². The van der Waals surface area contributed by atoms with Crippen molar-refractivity contribution in [3.05, 3.63) is 59.7 Å². The molecule has 0 saturated carbocycles. The summed E-state index contributed by atoms with van der Waals surface area (Å²) in [6.45, 7) is 3.40. The maximum absolute atomic E-state index is 13.1. The van der Waals surface area contributed by atoms with Crippen LogP contribution in [0, 0.1) is 5.41 Å². The van der Waals surface area contributed by atoms with Crippen LogP contribution in [0.1, 0.15) is 22.8 Å². The molecule has 0 bridgehead atoms. The highest BCUT2D eigenvalue weighted by atomic mass is 16.5. The molecule has 0 atom stereocenters. The molecule has 29 heavy (non-hydrogen) atoms. The van der Waals surface area contributed by atoms with Gasteiger partial charge in [0, 0.05) is 32.2 Å². The Morgan fingerprint density at radius 2 is 1.69 bits per heavy atom. The molecule has 1 aliphatic heterocycles. The zero-order valence-electron chi connectivity index (χ0n) is 17.5. The van der Waals surface area contributed by atoms with Gasteiger partial charge in [0.15, 0.2) is 11.5 Å². The fourth-order valence-corrected chi connectivity index (χ4v) is 3.84. The highest BCUT2D eigenvalue weighted by Crippen LogP contribution is 2.38. The number of carbonyl (C=O) groups excluding carboxylic acids is 2. The maximum Gasteiger partial charge on any atom is 0.254 e. The van der Waals surface area contributed by atoms with Crippen molar-refractivity contribution in [2.24, 2.45) is 5.41 Å². The molecule has 2 aromatic carbocycles. The van der Waals surface area contributed by atoms with E-state index in [0.29, 0.717) is 43.1 Å². The van der Waals surface area contributed by atoms with Gasteiger partial charge in [-0.05, 0) is 37.1 Å². The van der Waals surface area contributed by atoms with Crippen LogP contribution in [-0.2, 0) is 11.2 Å². The number of ether oxygens (including phenoxy) is 2. The summed E-state index contributed by atoms with van der Waals surface area (Å²) in [6, 6.07) is 15.1. The average molecular weight is 396 g/mol. The summed E-state index contributed by atoms with van der Waals surface area (Å²) in [6.07, 6.45) is 0.618. The number of methoxy groups -OCH3 is 2. The van der Waals surface area contributed by atoms with Gasteiger partial charge in [-0.1, -0.05) is 30.3 Å². The number of amides is 2. The molecular weight excluding hydrogens is 368 g/mol. The molecule has 0 N–H and O–H groups in total. The predicted octanol–water partition coefficient (Wildman–Crippen LogP) is 2.87. The summed E-state index contributed by atoms with van der Waals surface area (Å²) in [7, 11) is 4.91. The first-order valence-electron chi connectivity index (χ1n) is 9.75. The third kappa shape index (κ3) is 4.06. The Morgan fingerprint density at radius 1 is 1.03 bits per heavy atom. The van der Waals surface area contributed by atoms with Crippen molar-refractivity contribution in [1.82, 2.24) is 9.80 Å². The number of benzene rings is 2. The number of hydrogen-bond acceptors (Lipinski definition) is 4. The van der Waals surface area contributed by atoms with Gasteiger partial charge in [0.25, 0.3) is 5.91 Å². The van der Waals surface area contributed by atoms with Gasteiger partial charge in [0.05, 0.1) is 19.6 Å². The minimum absolute atomic E-state index is 0.0835. The lowest BCUT2D eigenvalue weighted by Crippen LogP contribution is -2.65. The van der Waals surface area contributed by atoms with E-state index in [2.05, 4.69) is 0 Å². The Bertz CT molecular complexity index is 876. The maximum atomic E-state index is 13.1. The number of nitrogens with zero attached hydrogens (tertiary/aromatic N) is 2. The molecule has 1 aliphatic rings. The topological polar surface area (TPSA) is 59.1 Å². The van der Waals surface area contributed by atoms with Crippen molar-refractivity contribution in [3.8, 4) is 11.5 Å². The minimum Gasteiger partial charge on any atom is -0.493 e. The van der Waals surface area contributed by atoms with Gasteiger partial charge in [-0.15, -0.1) is 0 Å². The second kappa shape index (κ2) is 8.55.